The third-order valence-corrected chi connectivity index (χ3v) is 5.85. The normalized spacial score (nSPS) is 12.9. The van der Waals surface area contributed by atoms with Crippen molar-refractivity contribution in [3.8, 4) is 5.69 Å². The van der Waals surface area contributed by atoms with E-state index in [9.17, 15) is 13.6 Å². The standard InChI is InChI=1S/C24H21F2N5O/c1-14-16-6-3-4-8-20(16)28-22(27-14)13-30(2)24(32)23-17-7-5-9-21(17)31(29-23)15-10-11-18(25)19(26)12-15/h3-4,6,8,10-12H,5,7,9,13H2,1-2H3. The molecule has 32 heavy (non-hydrogen) atoms. The Morgan fingerprint density at radius 2 is 1.91 bits per heavy atom. The molecule has 0 radical (unpaired) electrons. The molecule has 5 rings (SSSR count). The first kappa shape index (κ1) is 20.2. The van der Waals surface area contributed by atoms with Gasteiger partial charge in [0.15, 0.2) is 17.3 Å². The van der Waals surface area contributed by atoms with Crippen LogP contribution in [-0.4, -0.2) is 37.6 Å². The molecule has 0 saturated carbocycles. The summed E-state index contributed by atoms with van der Waals surface area (Å²) in [5.41, 5.74) is 4.15. The van der Waals surface area contributed by atoms with E-state index in [-0.39, 0.29) is 12.5 Å². The fraction of sp³-hybridized carbons (Fsp3) is 0.250. The van der Waals surface area contributed by atoms with Gasteiger partial charge in [0.1, 0.15) is 5.82 Å². The lowest BCUT2D eigenvalue weighted by atomic mass is 10.2. The minimum absolute atomic E-state index is 0.233. The summed E-state index contributed by atoms with van der Waals surface area (Å²) in [4.78, 5) is 24.0. The van der Waals surface area contributed by atoms with Crippen molar-refractivity contribution >= 4 is 16.8 Å². The molecule has 2 aromatic carbocycles. The molecular formula is C24H21F2N5O. The number of hydrogen-bond donors (Lipinski definition) is 0. The molecule has 1 amide bonds. The van der Waals surface area contributed by atoms with E-state index in [1.807, 2.05) is 31.2 Å². The Kier molecular flexibility index (Phi) is 4.92. The molecular weight excluding hydrogens is 412 g/mol. The number of halogens is 2. The number of aryl methyl sites for hydroxylation is 1. The second kappa shape index (κ2) is 7.78. The first-order chi connectivity index (χ1) is 15.4. The molecule has 6 nitrogen and oxygen atoms in total. The number of nitrogens with zero attached hydrogens (tertiary/aromatic N) is 5. The number of para-hydroxylation sites is 1. The predicted octanol–water partition coefficient (Wildman–Crippen LogP) is 4.16. The van der Waals surface area contributed by atoms with Crippen LogP contribution < -0.4 is 0 Å². The maximum absolute atomic E-state index is 13.8. The fourth-order valence-corrected chi connectivity index (χ4v) is 4.27. The van der Waals surface area contributed by atoms with E-state index >= 15 is 0 Å². The molecule has 4 aromatic rings. The lowest BCUT2D eigenvalue weighted by Crippen LogP contribution is -2.28. The number of amides is 1. The highest BCUT2D eigenvalue weighted by Gasteiger charge is 2.29. The molecule has 0 unspecified atom stereocenters. The maximum atomic E-state index is 13.8. The molecule has 2 heterocycles. The number of carbonyl (C=O) groups is 1. The van der Waals surface area contributed by atoms with Crippen LogP contribution in [0.2, 0.25) is 0 Å². The summed E-state index contributed by atoms with van der Waals surface area (Å²) in [7, 11) is 1.69. The van der Waals surface area contributed by atoms with E-state index in [0.717, 1.165) is 59.2 Å². The molecule has 8 heteroatoms. The molecule has 0 atom stereocenters. The number of carbonyl (C=O) groups excluding carboxylic acids is 1. The van der Waals surface area contributed by atoms with E-state index in [2.05, 4.69) is 15.1 Å². The number of rotatable bonds is 4. The fourth-order valence-electron chi connectivity index (χ4n) is 4.27. The summed E-state index contributed by atoms with van der Waals surface area (Å²) in [6.07, 6.45) is 2.33. The molecule has 0 fully saturated rings. The van der Waals surface area contributed by atoms with Crippen LogP contribution in [0.5, 0.6) is 0 Å². The van der Waals surface area contributed by atoms with Gasteiger partial charge in [-0.2, -0.15) is 5.10 Å². The summed E-state index contributed by atoms with van der Waals surface area (Å²) in [5, 5.41) is 5.48. The second-order valence-corrected chi connectivity index (χ2v) is 8.04. The minimum atomic E-state index is -0.946. The van der Waals surface area contributed by atoms with Crippen molar-refractivity contribution in [2.24, 2.45) is 0 Å². The molecule has 0 spiro atoms. The van der Waals surface area contributed by atoms with E-state index in [4.69, 9.17) is 0 Å². The minimum Gasteiger partial charge on any atom is -0.333 e. The average Bonchev–Trinajstić information content (AvgIpc) is 3.38. The topological polar surface area (TPSA) is 63.9 Å². The van der Waals surface area contributed by atoms with Crippen molar-refractivity contribution in [3.63, 3.8) is 0 Å². The van der Waals surface area contributed by atoms with Crippen LogP contribution in [-0.2, 0) is 19.4 Å². The first-order valence-electron chi connectivity index (χ1n) is 10.5. The molecule has 2 aromatic heterocycles. The van der Waals surface area contributed by atoms with E-state index in [1.54, 1.807) is 16.6 Å². The van der Waals surface area contributed by atoms with Gasteiger partial charge in [-0.05, 0) is 44.4 Å². The predicted molar refractivity (Wildman–Crippen MR) is 116 cm³/mol. The lowest BCUT2D eigenvalue weighted by Gasteiger charge is -2.16. The van der Waals surface area contributed by atoms with Crippen molar-refractivity contribution in [2.75, 3.05) is 7.05 Å². The van der Waals surface area contributed by atoms with Gasteiger partial charge in [-0.25, -0.2) is 23.4 Å². The van der Waals surface area contributed by atoms with Crippen molar-refractivity contribution in [1.29, 1.82) is 0 Å². The Hall–Kier alpha value is -3.68. The highest BCUT2D eigenvalue weighted by molar-refractivity contribution is 5.94. The Balaban J connectivity index is 1.46. The van der Waals surface area contributed by atoms with Crippen LogP contribution in [0.15, 0.2) is 42.5 Å². The number of benzene rings is 2. The zero-order valence-corrected chi connectivity index (χ0v) is 17.8. The van der Waals surface area contributed by atoms with Crippen molar-refractivity contribution in [2.45, 2.75) is 32.7 Å². The van der Waals surface area contributed by atoms with Gasteiger partial charge in [-0.3, -0.25) is 4.79 Å². The number of aromatic nitrogens is 4. The highest BCUT2D eigenvalue weighted by atomic mass is 19.2. The van der Waals surface area contributed by atoms with E-state index < -0.39 is 11.6 Å². The van der Waals surface area contributed by atoms with Crippen LogP contribution in [0.25, 0.3) is 16.6 Å². The smallest absolute Gasteiger partial charge is 0.274 e. The Morgan fingerprint density at radius 3 is 2.72 bits per heavy atom. The van der Waals surface area contributed by atoms with Gasteiger partial charge in [0.2, 0.25) is 0 Å². The van der Waals surface area contributed by atoms with E-state index in [1.165, 1.54) is 6.07 Å². The molecule has 0 bridgehead atoms. The maximum Gasteiger partial charge on any atom is 0.274 e. The molecule has 0 saturated heterocycles. The van der Waals surface area contributed by atoms with Crippen molar-refractivity contribution < 1.29 is 13.6 Å². The largest absolute Gasteiger partial charge is 0.333 e. The monoisotopic (exact) mass is 433 g/mol. The van der Waals surface area contributed by atoms with Crippen LogP contribution >= 0.6 is 0 Å². The zero-order chi connectivity index (χ0) is 22.4. The molecule has 1 aliphatic carbocycles. The van der Waals surface area contributed by atoms with Gasteiger partial charge in [-0.1, -0.05) is 18.2 Å². The van der Waals surface area contributed by atoms with Crippen LogP contribution in [0.4, 0.5) is 8.78 Å². The summed E-state index contributed by atoms with van der Waals surface area (Å²) >= 11 is 0. The van der Waals surface area contributed by atoms with Gasteiger partial charge in [0.05, 0.1) is 17.7 Å². The average molecular weight is 433 g/mol. The van der Waals surface area contributed by atoms with Crippen molar-refractivity contribution in [1.82, 2.24) is 24.6 Å². The SMILES string of the molecule is Cc1nc(CN(C)C(=O)c2nn(-c3ccc(F)c(F)c3)c3c2CCC3)nc2ccccc12. The van der Waals surface area contributed by atoms with Gasteiger partial charge >= 0.3 is 0 Å². The summed E-state index contributed by atoms with van der Waals surface area (Å²) in [5.74, 6) is -1.56. The third kappa shape index (κ3) is 3.41. The Labute approximate surface area is 183 Å². The molecule has 1 aliphatic rings. The van der Waals surface area contributed by atoms with Crippen molar-refractivity contribution in [3.05, 3.63) is 82.6 Å². The summed E-state index contributed by atoms with van der Waals surface area (Å²) in [6.45, 7) is 2.16. The third-order valence-electron chi connectivity index (χ3n) is 5.85. The Morgan fingerprint density at radius 1 is 1.09 bits per heavy atom. The quantitative estimate of drug-likeness (QED) is 0.485. The van der Waals surface area contributed by atoms with E-state index in [0.29, 0.717) is 17.2 Å². The van der Waals surface area contributed by atoms with Crippen LogP contribution in [0, 0.1) is 18.6 Å². The molecule has 0 N–H and O–H groups in total. The second-order valence-electron chi connectivity index (χ2n) is 8.04. The number of hydrogen-bond acceptors (Lipinski definition) is 4. The highest BCUT2D eigenvalue weighted by Crippen LogP contribution is 2.29. The zero-order valence-electron chi connectivity index (χ0n) is 17.8. The Bertz CT molecular complexity index is 1360. The summed E-state index contributed by atoms with van der Waals surface area (Å²) in [6, 6.07) is 11.4. The van der Waals surface area contributed by atoms with Crippen LogP contribution in [0.3, 0.4) is 0 Å². The van der Waals surface area contributed by atoms with Gasteiger partial charge < -0.3 is 4.90 Å². The van der Waals surface area contributed by atoms with Crippen LogP contribution in [0.1, 0.15) is 39.7 Å². The summed E-state index contributed by atoms with van der Waals surface area (Å²) < 4.78 is 28.7. The van der Waals surface area contributed by atoms with Gasteiger partial charge in [0, 0.05) is 35.5 Å². The van der Waals surface area contributed by atoms with Gasteiger partial charge in [-0.15, -0.1) is 0 Å². The number of fused-ring (bicyclic) bond motifs is 2. The molecule has 162 valence electrons. The first-order valence-corrected chi connectivity index (χ1v) is 10.5. The lowest BCUT2D eigenvalue weighted by molar-refractivity contribution is 0.0774. The molecule has 0 aliphatic heterocycles. The van der Waals surface area contributed by atoms with Gasteiger partial charge in [0.25, 0.3) is 5.91 Å².